The van der Waals surface area contributed by atoms with Gasteiger partial charge >= 0.3 is 0 Å². The Hall–Kier alpha value is -0.590. The molecule has 14 heavy (non-hydrogen) atoms. The summed E-state index contributed by atoms with van der Waals surface area (Å²) in [6, 6.07) is 2.33. The van der Waals surface area contributed by atoms with Gasteiger partial charge in [0.05, 0.1) is 31.3 Å². The largest absolute Gasteiger partial charge is 0.379 e. The molecule has 3 nitrogen and oxygen atoms in total. The van der Waals surface area contributed by atoms with E-state index in [0.29, 0.717) is 13.2 Å². The summed E-state index contributed by atoms with van der Waals surface area (Å²) in [4.78, 5) is 0. The molecule has 2 unspecified atom stereocenters. The quantitative estimate of drug-likeness (QED) is 0.634. The van der Waals surface area contributed by atoms with Crippen molar-refractivity contribution < 1.29 is 9.47 Å². The van der Waals surface area contributed by atoms with Crippen molar-refractivity contribution in [3.63, 3.8) is 0 Å². The van der Waals surface area contributed by atoms with Gasteiger partial charge in [0.15, 0.2) is 0 Å². The minimum Gasteiger partial charge on any atom is -0.379 e. The van der Waals surface area contributed by atoms with Crippen LogP contribution in [-0.2, 0) is 9.47 Å². The minimum absolute atomic E-state index is 0.102. The molecule has 1 aliphatic rings. The second-order valence-corrected chi connectivity index (χ2v) is 3.63. The molecule has 1 fully saturated rings. The third kappa shape index (κ3) is 3.65. The van der Waals surface area contributed by atoms with Crippen molar-refractivity contribution in [3.8, 4) is 6.07 Å². The smallest absolute Gasteiger partial charge is 0.0734 e. The number of hydrogen-bond donors (Lipinski definition) is 0. The van der Waals surface area contributed by atoms with Gasteiger partial charge in [-0.15, -0.1) is 0 Å². The van der Waals surface area contributed by atoms with Gasteiger partial charge < -0.3 is 9.47 Å². The van der Waals surface area contributed by atoms with Gasteiger partial charge in [0.1, 0.15) is 0 Å². The second kappa shape index (κ2) is 6.80. The number of nitrogens with zero attached hydrogens (tertiary/aromatic N) is 1. The minimum atomic E-state index is 0.102. The van der Waals surface area contributed by atoms with Crippen molar-refractivity contribution in [1.29, 1.82) is 5.26 Å². The zero-order valence-electron chi connectivity index (χ0n) is 8.87. The highest BCUT2D eigenvalue weighted by Gasteiger charge is 2.25. The summed E-state index contributed by atoms with van der Waals surface area (Å²) in [7, 11) is 0. The molecule has 1 rings (SSSR count). The maximum atomic E-state index is 8.90. The van der Waals surface area contributed by atoms with Crippen molar-refractivity contribution in [1.82, 2.24) is 0 Å². The normalized spacial score (nSPS) is 27.1. The molecule has 0 saturated heterocycles. The number of rotatable bonds is 5. The summed E-state index contributed by atoms with van der Waals surface area (Å²) in [6.07, 6.45) is 4.54. The lowest BCUT2D eigenvalue weighted by Crippen LogP contribution is -2.27. The second-order valence-electron chi connectivity index (χ2n) is 3.63. The van der Waals surface area contributed by atoms with Gasteiger partial charge in [-0.05, 0) is 19.8 Å². The molecule has 0 spiro atoms. The highest BCUT2D eigenvalue weighted by atomic mass is 16.5. The van der Waals surface area contributed by atoms with Crippen LogP contribution < -0.4 is 0 Å². The van der Waals surface area contributed by atoms with Crippen molar-refractivity contribution >= 4 is 0 Å². The Kier molecular flexibility index (Phi) is 5.58. The van der Waals surface area contributed by atoms with Gasteiger partial charge in [-0.3, -0.25) is 0 Å². The molecule has 0 aromatic rings. The Morgan fingerprint density at radius 3 is 2.79 bits per heavy atom. The molecule has 0 aromatic heterocycles. The third-order valence-corrected chi connectivity index (χ3v) is 2.63. The summed E-state index contributed by atoms with van der Waals surface area (Å²) in [5, 5.41) is 8.90. The monoisotopic (exact) mass is 197 g/mol. The van der Waals surface area contributed by atoms with E-state index in [0.717, 1.165) is 19.4 Å². The molecule has 0 aromatic carbocycles. The fourth-order valence-electron chi connectivity index (χ4n) is 1.85. The topological polar surface area (TPSA) is 42.2 Å². The zero-order valence-corrected chi connectivity index (χ0v) is 8.87. The molecule has 0 aliphatic heterocycles. The zero-order chi connectivity index (χ0) is 10.2. The molecule has 2 atom stereocenters. The SMILES string of the molecule is CCOCCOC1CCCCC1C#N. The van der Waals surface area contributed by atoms with E-state index in [4.69, 9.17) is 14.7 Å². The van der Waals surface area contributed by atoms with E-state index in [1.165, 1.54) is 12.8 Å². The Morgan fingerprint density at radius 1 is 1.29 bits per heavy atom. The molecule has 0 radical (unpaired) electrons. The fourth-order valence-corrected chi connectivity index (χ4v) is 1.85. The van der Waals surface area contributed by atoms with E-state index in [9.17, 15) is 0 Å². The summed E-state index contributed by atoms with van der Waals surface area (Å²) < 4.78 is 10.8. The molecular formula is C11H19NO2. The first-order valence-corrected chi connectivity index (χ1v) is 5.47. The van der Waals surface area contributed by atoms with Crippen LogP contribution in [0.2, 0.25) is 0 Å². The first-order valence-electron chi connectivity index (χ1n) is 5.47. The van der Waals surface area contributed by atoms with E-state index >= 15 is 0 Å². The lowest BCUT2D eigenvalue weighted by Gasteiger charge is -2.26. The van der Waals surface area contributed by atoms with E-state index in [2.05, 4.69) is 6.07 Å². The first-order chi connectivity index (χ1) is 6.88. The number of hydrogen-bond acceptors (Lipinski definition) is 3. The van der Waals surface area contributed by atoms with Crippen LogP contribution >= 0.6 is 0 Å². The molecule has 0 heterocycles. The predicted molar refractivity (Wildman–Crippen MR) is 53.8 cm³/mol. The molecule has 0 bridgehead atoms. The molecule has 1 aliphatic carbocycles. The van der Waals surface area contributed by atoms with E-state index in [-0.39, 0.29) is 12.0 Å². The van der Waals surface area contributed by atoms with Gasteiger partial charge in [-0.25, -0.2) is 0 Å². The van der Waals surface area contributed by atoms with E-state index < -0.39 is 0 Å². The van der Waals surface area contributed by atoms with E-state index in [1.54, 1.807) is 0 Å². The Labute approximate surface area is 86.0 Å². The van der Waals surface area contributed by atoms with E-state index in [1.807, 2.05) is 6.92 Å². The molecule has 0 N–H and O–H groups in total. The highest BCUT2D eigenvalue weighted by molar-refractivity contribution is 4.91. The standard InChI is InChI=1S/C11H19NO2/c1-2-13-7-8-14-11-6-4-3-5-10(11)9-12/h10-11H,2-8H2,1H3. The van der Waals surface area contributed by atoms with Crippen LogP contribution in [0.3, 0.4) is 0 Å². The van der Waals surface area contributed by atoms with Crippen LogP contribution in [0.5, 0.6) is 0 Å². The van der Waals surface area contributed by atoms with Crippen LogP contribution in [0.4, 0.5) is 0 Å². The van der Waals surface area contributed by atoms with Gasteiger partial charge in [-0.1, -0.05) is 12.8 Å². The maximum Gasteiger partial charge on any atom is 0.0734 e. The highest BCUT2D eigenvalue weighted by Crippen LogP contribution is 2.26. The van der Waals surface area contributed by atoms with Crippen LogP contribution in [0.1, 0.15) is 32.6 Å². The van der Waals surface area contributed by atoms with Crippen molar-refractivity contribution in [3.05, 3.63) is 0 Å². The lowest BCUT2D eigenvalue weighted by atomic mass is 9.87. The van der Waals surface area contributed by atoms with Crippen LogP contribution in [0, 0.1) is 17.2 Å². The maximum absolute atomic E-state index is 8.90. The number of ether oxygens (including phenoxy) is 2. The summed E-state index contributed by atoms with van der Waals surface area (Å²) >= 11 is 0. The lowest BCUT2D eigenvalue weighted by molar-refractivity contribution is -0.0237. The molecular weight excluding hydrogens is 178 g/mol. The predicted octanol–water partition coefficient (Wildman–Crippen LogP) is 2.12. The van der Waals surface area contributed by atoms with Crippen LogP contribution in [-0.4, -0.2) is 25.9 Å². The van der Waals surface area contributed by atoms with Gasteiger partial charge in [-0.2, -0.15) is 5.26 Å². The molecule has 1 saturated carbocycles. The Bertz CT molecular complexity index is 188. The summed E-state index contributed by atoms with van der Waals surface area (Å²) in [5.74, 6) is 0.102. The first kappa shape index (κ1) is 11.5. The van der Waals surface area contributed by atoms with Gasteiger partial charge in [0.2, 0.25) is 0 Å². The third-order valence-electron chi connectivity index (χ3n) is 2.63. The summed E-state index contributed by atoms with van der Waals surface area (Å²) in [6.45, 7) is 3.97. The Morgan fingerprint density at radius 2 is 2.07 bits per heavy atom. The van der Waals surface area contributed by atoms with Crippen molar-refractivity contribution in [2.24, 2.45) is 5.92 Å². The summed E-state index contributed by atoms with van der Waals surface area (Å²) in [5.41, 5.74) is 0. The van der Waals surface area contributed by atoms with Gasteiger partial charge in [0, 0.05) is 6.61 Å². The Balaban J connectivity index is 2.17. The number of nitriles is 1. The average molecular weight is 197 g/mol. The molecule has 0 amide bonds. The van der Waals surface area contributed by atoms with Crippen LogP contribution in [0.25, 0.3) is 0 Å². The van der Waals surface area contributed by atoms with Gasteiger partial charge in [0.25, 0.3) is 0 Å². The average Bonchev–Trinajstić information content (AvgIpc) is 2.25. The molecule has 80 valence electrons. The van der Waals surface area contributed by atoms with Crippen molar-refractivity contribution in [2.75, 3.05) is 19.8 Å². The van der Waals surface area contributed by atoms with Crippen LogP contribution in [0.15, 0.2) is 0 Å². The molecule has 3 heteroatoms. The van der Waals surface area contributed by atoms with Crippen molar-refractivity contribution in [2.45, 2.75) is 38.7 Å². The fraction of sp³-hybridized carbons (Fsp3) is 0.909.